The van der Waals surface area contributed by atoms with Gasteiger partial charge >= 0.3 is 257 Å². The topological polar surface area (TPSA) is 201 Å². The fraction of sp³-hybridized carbons (Fsp3) is 0. The molecule has 0 radical (unpaired) electrons. The van der Waals surface area contributed by atoms with E-state index in [-0.39, 0.29) is 257 Å². The minimum atomic E-state index is -2.15. The summed E-state index contributed by atoms with van der Waals surface area (Å²) in [5.41, 5.74) is -5.24. The Labute approximate surface area is 381 Å². The number of carbonyl (C=O) groups is 5. The molecule has 0 saturated carbocycles. The van der Waals surface area contributed by atoms with Gasteiger partial charge in [-0.25, -0.2) is 0 Å². The molecular weight excluding hydrogens is 536 g/mol. The first-order valence-corrected chi connectivity index (χ1v) is 6.27. The van der Waals surface area contributed by atoms with Crippen LogP contribution in [-0.4, -0.2) is 29.8 Å². The van der Waals surface area contributed by atoms with Gasteiger partial charge in [-0.3, -0.25) is 0 Å². The first-order chi connectivity index (χ1) is 11.6. The normalized spacial score (nSPS) is 8.67. The van der Waals surface area contributed by atoms with Crippen LogP contribution in [0.5, 0.6) is 0 Å². The Balaban J connectivity index is -0.000000676. The maximum Gasteiger partial charge on any atom is 1.00 e. The van der Waals surface area contributed by atoms with E-state index < -0.39 is 68.4 Å². The number of fused-ring (bicyclic) bond motifs is 1. The van der Waals surface area contributed by atoms with E-state index in [2.05, 4.69) is 0 Å². The van der Waals surface area contributed by atoms with Crippen LogP contribution in [0.15, 0.2) is 18.2 Å². The molecule has 0 aliphatic rings. The second kappa shape index (κ2) is 18.5. The fourth-order valence-electron chi connectivity index (χ4n) is 2.37. The van der Waals surface area contributed by atoms with Crippen molar-refractivity contribution in [3.05, 3.63) is 46.0 Å². The second-order valence-electron chi connectivity index (χ2n) is 4.73. The largest absolute Gasteiger partial charge is 1.00 e. The Hall–Kier alpha value is 4.23. The van der Waals surface area contributed by atoms with Gasteiger partial charge in [0.2, 0.25) is 0 Å². The molecule has 0 amide bonds. The van der Waals surface area contributed by atoms with Crippen LogP contribution >= 0.6 is 0 Å². The van der Waals surface area contributed by atoms with Crippen LogP contribution in [0.4, 0.5) is 0 Å². The van der Waals surface area contributed by atoms with Crippen molar-refractivity contribution in [3.63, 3.8) is 0 Å². The molecule has 0 spiro atoms. The zero-order valence-corrected chi connectivity index (χ0v) is 32.4. The molecule has 128 valence electrons. The summed E-state index contributed by atoms with van der Waals surface area (Å²) in [5, 5.41) is 54.3. The predicted octanol–water partition coefficient (Wildman–Crippen LogP) is -20.3. The van der Waals surface area contributed by atoms with Crippen molar-refractivity contribution >= 4 is 40.6 Å². The van der Waals surface area contributed by atoms with Crippen LogP contribution in [0.2, 0.25) is 0 Å². The summed E-state index contributed by atoms with van der Waals surface area (Å²) >= 11 is 0. The van der Waals surface area contributed by atoms with Gasteiger partial charge in [0.25, 0.3) is 0 Å². The first-order valence-electron chi connectivity index (χ1n) is 6.27. The van der Waals surface area contributed by atoms with Gasteiger partial charge in [-0.2, -0.15) is 0 Å². The summed E-state index contributed by atoms with van der Waals surface area (Å²) in [6.45, 7) is 0. The van der Waals surface area contributed by atoms with E-state index in [1.54, 1.807) is 0 Å². The van der Waals surface area contributed by atoms with E-state index >= 15 is 0 Å². The van der Waals surface area contributed by atoms with Crippen molar-refractivity contribution in [2.45, 2.75) is 0 Å². The molecule has 2 aromatic carbocycles. The third-order valence-electron chi connectivity index (χ3n) is 3.34. The molecule has 0 fully saturated rings. The molecule has 30 heavy (non-hydrogen) atoms. The van der Waals surface area contributed by atoms with Gasteiger partial charge in [0.15, 0.2) is 0 Å². The Morgan fingerprint density at radius 3 is 1.27 bits per heavy atom. The Morgan fingerprint density at radius 2 is 0.933 bits per heavy atom. The van der Waals surface area contributed by atoms with Crippen molar-refractivity contribution in [2.75, 3.05) is 0 Å². The van der Waals surface area contributed by atoms with Crippen molar-refractivity contribution < 1.29 is 306 Å². The van der Waals surface area contributed by atoms with Gasteiger partial charge in [-0.15, -0.1) is 0 Å². The zero-order valence-electron chi connectivity index (χ0n) is 16.8. The number of aromatic carboxylic acids is 5. The van der Waals surface area contributed by atoms with Gasteiger partial charge in [0.1, 0.15) is 0 Å². The molecule has 0 aliphatic heterocycles. The van der Waals surface area contributed by atoms with Crippen molar-refractivity contribution in [1.82, 2.24) is 0 Å². The van der Waals surface area contributed by atoms with Gasteiger partial charge < -0.3 is 49.5 Å². The Bertz CT molecular complexity index is 1010. The van der Waals surface area contributed by atoms with Gasteiger partial charge in [0.05, 0.1) is 29.8 Å². The molecule has 0 N–H and O–H groups in total. The van der Waals surface area contributed by atoms with E-state index in [1.165, 1.54) is 0 Å². The van der Waals surface area contributed by atoms with Gasteiger partial charge in [-0.1, -0.05) is 0 Å². The Morgan fingerprint density at radius 1 is 0.500 bits per heavy atom. The average molecular weight is 539 g/mol. The van der Waals surface area contributed by atoms with E-state index in [9.17, 15) is 49.5 Å². The quantitative estimate of drug-likeness (QED) is 0.329. The molecule has 0 saturated heterocycles. The van der Waals surface area contributed by atoms with E-state index in [1.807, 2.05) is 0 Å². The number of benzene rings is 2. The average Bonchev–Trinajstić information content (AvgIpc) is 2.50. The summed E-state index contributed by atoms with van der Waals surface area (Å²) in [6.07, 6.45) is 0. The fourth-order valence-corrected chi connectivity index (χ4v) is 2.37. The molecule has 10 nitrogen and oxygen atoms in total. The molecule has 0 unspecified atom stereocenters. The van der Waals surface area contributed by atoms with Crippen LogP contribution in [0.3, 0.4) is 0 Å². The minimum Gasteiger partial charge on any atom is -0.545 e. The molecule has 0 bridgehead atoms. The van der Waals surface area contributed by atoms with Crippen molar-refractivity contribution in [3.8, 4) is 0 Å². The maximum absolute atomic E-state index is 11.3. The minimum absolute atomic E-state index is 0. The maximum atomic E-state index is 11.3. The third kappa shape index (κ3) is 9.94. The zero-order chi connectivity index (χ0) is 19.0. The molecule has 0 aliphatic carbocycles. The molecule has 0 atom stereocenters. The number of carboxylic acids is 5. The third-order valence-corrected chi connectivity index (χ3v) is 3.34. The van der Waals surface area contributed by atoms with E-state index in [4.69, 9.17) is 0 Å². The molecular formula is C15H3K5O10. The second-order valence-corrected chi connectivity index (χ2v) is 4.73. The summed E-state index contributed by atoms with van der Waals surface area (Å²) < 4.78 is 0. The molecule has 15 heteroatoms. The van der Waals surface area contributed by atoms with E-state index in [0.717, 1.165) is 0 Å². The smallest absolute Gasteiger partial charge is 0.545 e. The van der Waals surface area contributed by atoms with Crippen molar-refractivity contribution in [2.24, 2.45) is 0 Å². The first kappa shape index (κ1) is 41.4. The number of carbonyl (C=O) groups excluding carboxylic acids is 5. The molecule has 0 aromatic heterocycles. The molecule has 0 heterocycles. The molecule has 2 aromatic rings. The van der Waals surface area contributed by atoms with Gasteiger partial charge in [-0.05, 0) is 29.1 Å². The number of hydrogen-bond acceptors (Lipinski definition) is 10. The standard InChI is InChI=1S/C15H8O10.5K/c16-11(17)4-1-5-6(12(18)19)3-8(14(22)23)10(15(24)25)9(5)7(2-4)13(20)21;;;;;/h1-3H,(H,16,17)(H,18,19)(H,20,21)(H,22,23)(H,24,25);;;;;/q;5*+1/p-5. The number of hydrogen-bond donors (Lipinski definition) is 0. The SMILES string of the molecule is O=C([O-])c1cc(C(=O)[O-])c2c(C(=O)[O-])c(C(=O)[O-])cc(C(=O)[O-])c2c1.[K+].[K+].[K+].[K+].[K+]. The van der Waals surface area contributed by atoms with Gasteiger partial charge in [0, 0.05) is 27.6 Å². The van der Waals surface area contributed by atoms with Crippen molar-refractivity contribution in [1.29, 1.82) is 0 Å². The van der Waals surface area contributed by atoms with Crippen LogP contribution < -0.4 is 282 Å². The van der Waals surface area contributed by atoms with Crippen LogP contribution in [-0.2, 0) is 0 Å². The summed E-state index contributed by atoms with van der Waals surface area (Å²) in [6, 6.07) is 1.39. The van der Waals surface area contributed by atoms with Crippen LogP contribution in [0.25, 0.3) is 10.8 Å². The summed E-state index contributed by atoms with van der Waals surface area (Å²) in [7, 11) is 0. The van der Waals surface area contributed by atoms with Crippen LogP contribution in [0.1, 0.15) is 51.8 Å². The van der Waals surface area contributed by atoms with E-state index in [0.29, 0.717) is 18.2 Å². The molecule has 2 rings (SSSR count). The summed E-state index contributed by atoms with van der Waals surface area (Å²) in [5.74, 6) is -10.3. The number of rotatable bonds is 5. The van der Waals surface area contributed by atoms with Crippen LogP contribution in [0, 0.1) is 0 Å². The summed E-state index contributed by atoms with van der Waals surface area (Å²) in [4.78, 5) is 55.9. The Kier molecular flexibility index (Phi) is 25.5. The predicted molar refractivity (Wildman–Crippen MR) is 65.6 cm³/mol. The monoisotopic (exact) mass is 538 g/mol. The number of carboxylic acid groups (broad SMARTS) is 5.